The Morgan fingerprint density at radius 1 is 1.27 bits per heavy atom. The van der Waals surface area contributed by atoms with Crippen molar-refractivity contribution in [3.8, 4) is 0 Å². The number of guanidine groups is 1. The number of benzene rings is 1. The topological polar surface area (TPSA) is 74.8 Å². The van der Waals surface area contributed by atoms with Crippen LogP contribution in [0.25, 0.3) is 0 Å². The minimum atomic E-state index is -0.472. The lowest BCUT2D eigenvalue weighted by atomic mass is 10.2. The molecule has 0 aromatic heterocycles. The highest BCUT2D eigenvalue weighted by Crippen LogP contribution is 2.10. The van der Waals surface area contributed by atoms with Gasteiger partial charge in [0.25, 0.3) is 0 Å². The standard InChI is InChI=1S/C16H22N4O2/c1-17-15(19-13-5-3-4-6-13)18-11-12-7-9-14(10-8-12)20-16(21)22-2/h3-4,7-10,13H,5-6,11H2,1-2H3,(H,20,21)(H2,17,18,19). The molecule has 0 saturated carbocycles. The molecule has 1 aliphatic rings. The molecule has 0 bridgehead atoms. The number of rotatable bonds is 4. The molecule has 6 nitrogen and oxygen atoms in total. The van der Waals surface area contributed by atoms with Crippen molar-refractivity contribution in [2.24, 2.45) is 4.99 Å². The molecule has 0 spiro atoms. The summed E-state index contributed by atoms with van der Waals surface area (Å²) in [4.78, 5) is 15.3. The zero-order valence-electron chi connectivity index (χ0n) is 12.9. The molecule has 1 aromatic rings. The second-order valence-corrected chi connectivity index (χ2v) is 5.02. The number of anilines is 1. The summed E-state index contributed by atoms with van der Waals surface area (Å²) in [5.41, 5.74) is 1.80. The van der Waals surface area contributed by atoms with Crippen LogP contribution < -0.4 is 16.0 Å². The van der Waals surface area contributed by atoms with Crippen molar-refractivity contribution >= 4 is 17.7 Å². The maximum atomic E-state index is 11.1. The lowest BCUT2D eigenvalue weighted by molar-refractivity contribution is 0.187. The van der Waals surface area contributed by atoms with Gasteiger partial charge in [-0.1, -0.05) is 24.3 Å². The first kappa shape index (κ1) is 15.9. The van der Waals surface area contributed by atoms with Crippen molar-refractivity contribution in [1.29, 1.82) is 0 Å². The molecular weight excluding hydrogens is 280 g/mol. The van der Waals surface area contributed by atoms with Crippen LogP contribution in [0.1, 0.15) is 18.4 Å². The van der Waals surface area contributed by atoms with Gasteiger partial charge in [-0.15, -0.1) is 0 Å². The number of ether oxygens (including phenoxy) is 1. The van der Waals surface area contributed by atoms with E-state index in [1.807, 2.05) is 24.3 Å². The quantitative estimate of drug-likeness (QED) is 0.453. The first-order chi connectivity index (χ1) is 10.7. The Morgan fingerprint density at radius 2 is 1.95 bits per heavy atom. The van der Waals surface area contributed by atoms with E-state index in [-0.39, 0.29) is 0 Å². The summed E-state index contributed by atoms with van der Waals surface area (Å²) in [7, 11) is 3.10. The first-order valence-corrected chi connectivity index (χ1v) is 7.27. The first-order valence-electron chi connectivity index (χ1n) is 7.27. The van der Waals surface area contributed by atoms with Crippen molar-refractivity contribution < 1.29 is 9.53 Å². The molecule has 118 valence electrons. The molecule has 0 fully saturated rings. The minimum Gasteiger partial charge on any atom is -0.453 e. The molecule has 0 radical (unpaired) electrons. The Bertz CT molecular complexity index is 544. The number of carbonyl (C=O) groups excluding carboxylic acids is 1. The summed E-state index contributed by atoms with van der Waals surface area (Å²) >= 11 is 0. The third kappa shape index (κ3) is 4.80. The fourth-order valence-electron chi connectivity index (χ4n) is 2.18. The molecule has 0 saturated heterocycles. The minimum absolute atomic E-state index is 0.429. The maximum Gasteiger partial charge on any atom is 0.411 e. The highest BCUT2D eigenvalue weighted by molar-refractivity contribution is 5.84. The van der Waals surface area contributed by atoms with Gasteiger partial charge >= 0.3 is 6.09 Å². The van der Waals surface area contributed by atoms with E-state index in [4.69, 9.17) is 0 Å². The normalized spacial score (nSPS) is 14.7. The second-order valence-electron chi connectivity index (χ2n) is 5.02. The van der Waals surface area contributed by atoms with Gasteiger partial charge in [-0.05, 0) is 30.5 Å². The van der Waals surface area contributed by atoms with Gasteiger partial charge in [-0.2, -0.15) is 0 Å². The van der Waals surface area contributed by atoms with Crippen LogP contribution in [-0.4, -0.2) is 32.3 Å². The Morgan fingerprint density at radius 3 is 2.55 bits per heavy atom. The van der Waals surface area contributed by atoms with E-state index < -0.39 is 6.09 Å². The lowest BCUT2D eigenvalue weighted by Gasteiger charge is -2.17. The number of hydrogen-bond acceptors (Lipinski definition) is 3. The second kappa shape index (κ2) is 8.07. The molecular formula is C16H22N4O2. The van der Waals surface area contributed by atoms with E-state index in [2.05, 4.69) is 37.8 Å². The number of methoxy groups -OCH3 is 1. The zero-order valence-corrected chi connectivity index (χ0v) is 12.9. The average Bonchev–Trinajstić information content (AvgIpc) is 3.05. The summed E-state index contributed by atoms with van der Waals surface area (Å²) in [6.07, 6.45) is 5.96. The third-order valence-electron chi connectivity index (χ3n) is 3.42. The number of hydrogen-bond donors (Lipinski definition) is 3. The molecule has 0 aliphatic heterocycles. The van der Waals surface area contributed by atoms with Crippen molar-refractivity contribution in [2.75, 3.05) is 19.5 Å². The van der Waals surface area contributed by atoms with Crippen LogP contribution >= 0.6 is 0 Å². The van der Waals surface area contributed by atoms with Crippen LogP contribution in [0.15, 0.2) is 41.4 Å². The summed E-state index contributed by atoms with van der Waals surface area (Å²) in [5.74, 6) is 0.797. The lowest BCUT2D eigenvalue weighted by Crippen LogP contribution is -2.42. The van der Waals surface area contributed by atoms with Crippen molar-refractivity contribution in [3.63, 3.8) is 0 Å². The van der Waals surface area contributed by atoms with Crippen LogP contribution in [-0.2, 0) is 11.3 Å². The van der Waals surface area contributed by atoms with Gasteiger partial charge in [-0.25, -0.2) is 4.79 Å². The smallest absolute Gasteiger partial charge is 0.411 e. The molecule has 1 aromatic carbocycles. The fourth-order valence-corrected chi connectivity index (χ4v) is 2.18. The molecule has 1 aliphatic carbocycles. The van der Waals surface area contributed by atoms with Gasteiger partial charge in [0.05, 0.1) is 7.11 Å². The fraction of sp³-hybridized carbons (Fsp3) is 0.375. The molecule has 22 heavy (non-hydrogen) atoms. The SMILES string of the molecule is CN=C(NCc1ccc(NC(=O)OC)cc1)NC1CC=CC1. The van der Waals surface area contributed by atoms with E-state index in [9.17, 15) is 4.79 Å². The number of amides is 1. The van der Waals surface area contributed by atoms with Crippen LogP contribution in [0.3, 0.4) is 0 Å². The van der Waals surface area contributed by atoms with E-state index >= 15 is 0 Å². The maximum absolute atomic E-state index is 11.1. The van der Waals surface area contributed by atoms with Gasteiger partial charge in [-0.3, -0.25) is 10.3 Å². The number of carbonyl (C=O) groups is 1. The van der Waals surface area contributed by atoms with E-state index in [1.165, 1.54) is 7.11 Å². The van der Waals surface area contributed by atoms with E-state index in [1.54, 1.807) is 7.05 Å². The number of nitrogens with one attached hydrogen (secondary N) is 3. The predicted octanol–water partition coefficient (Wildman–Crippen LogP) is 2.25. The Labute approximate surface area is 130 Å². The monoisotopic (exact) mass is 302 g/mol. The Balaban J connectivity index is 1.81. The van der Waals surface area contributed by atoms with Crippen LogP contribution in [0.4, 0.5) is 10.5 Å². The summed E-state index contributed by atoms with van der Waals surface area (Å²) in [6, 6.07) is 8.00. The molecule has 0 unspecified atom stereocenters. The van der Waals surface area contributed by atoms with Crippen LogP contribution in [0.2, 0.25) is 0 Å². The predicted molar refractivity (Wildman–Crippen MR) is 88.0 cm³/mol. The van der Waals surface area contributed by atoms with Crippen LogP contribution in [0.5, 0.6) is 0 Å². The zero-order chi connectivity index (χ0) is 15.8. The number of aliphatic imine (C=N–C) groups is 1. The molecule has 2 rings (SSSR count). The average molecular weight is 302 g/mol. The molecule has 1 amide bonds. The van der Waals surface area contributed by atoms with E-state index in [0.29, 0.717) is 18.3 Å². The highest BCUT2D eigenvalue weighted by Gasteiger charge is 2.11. The molecule has 0 heterocycles. The largest absolute Gasteiger partial charge is 0.453 e. The van der Waals surface area contributed by atoms with Gasteiger partial charge in [0.2, 0.25) is 0 Å². The third-order valence-corrected chi connectivity index (χ3v) is 3.42. The molecule has 3 N–H and O–H groups in total. The Hall–Kier alpha value is -2.50. The van der Waals surface area contributed by atoms with Crippen molar-refractivity contribution in [3.05, 3.63) is 42.0 Å². The van der Waals surface area contributed by atoms with Gasteiger partial charge in [0.15, 0.2) is 5.96 Å². The summed E-state index contributed by atoms with van der Waals surface area (Å²) < 4.78 is 4.55. The molecule has 0 atom stereocenters. The van der Waals surface area contributed by atoms with Crippen LogP contribution in [0, 0.1) is 0 Å². The highest BCUT2D eigenvalue weighted by atomic mass is 16.5. The molecule has 6 heteroatoms. The summed E-state index contributed by atoms with van der Waals surface area (Å²) in [5, 5.41) is 9.29. The van der Waals surface area contributed by atoms with Gasteiger partial charge in [0.1, 0.15) is 0 Å². The van der Waals surface area contributed by atoms with Gasteiger partial charge in [0, 0.05) is 25.3 Å². The van der Waals surface area contributed by atoms with Crippen molar-refractivity contribution in [2.45, 2.75) is 25.4 Å². The van der Waals surface area contributed by atoms with E-state index in [0.717, 1.165) is 24.4 Å². The summed E-state index contributed by atoms with van der Waals surface area (Å²) in [6.45, 7) is 0.665. The van der Waals surface area contributed by atoms with Crippen molar-refractivity contribution in [1.82, 2.24) is 10.6 Å². The van der Waals surface area contributed by atoms with Gasteiger partial charge < -0.3 is 15.4 Å². The number of nitrogens with zero attached hydrogens (tertiary/aromatic N) is 1. The Kier molecular flexibility index (Phi) is 5.82.